The van der Waals surface area contributed by atoms with Crippen molar-refractivity contribution in [1.82, 2.24) is 4.98 Å². The summed E-state index contributed by atoms with van der Waals surface area (Å²) in [5.41, 5.74) is 5.04. The summed E-state index contributed by atoms with van der Waals surface area (Å²) in [7, 11) is 0. The van der Waals surface area contributed by atoms with Crippen molar-refractivity contribution >= 4 is 34.1 Å². The van der Waals surface area contributed by atoms with E-state index in [9.17, 15) is 4.79 Å². The van der Waals surface area contributed by atoms with Crippen molar-refractivity contribution in [2.75, 3.05) is 5.32 Å². The molecule has 1 N–H and O–H groups in total. The highest BCUT2D eigenvalue weighted by Gasteiger charge is 2.13. The Morgan fingerprint density at radius 3 is 2.61 bits per heavy atom. The van der Waals surface area contributed by atoms with Gasteiger partial charge in [0.25, 0.3) is 5.91 Å². The molecular weight excluding hydrogens is 308 g/mol. The minimum Gasteiger partial charge on any atom is -0.322 e. The van der Waals surface area contributed by atoms with E-state index in [1.165, 1.54) is 0 Å². The number of hydrogen-bond donors (Lipinski definition) is 1. The van der Waals surface area contributed by atoms with Gasteiger partial charge in [-0.3, -0.25) is 9.78 Å². The zero-order chi connectivity index (χ0) is 16.6. The zero-order valence-corrected chi connectivity index (χ0v) is 14.0. The topological polar surface area (TPSA) is 42.0 Å². The van der Waals surface area contributed by atoms with Gasteiger partial charge in [0.1, 0.15) is 0 Å². The Balaban J connectivity index is 2.07. The van der Waals surface area contributed by atoms with Crippen molar-refractivity contribution in [3.8, 4) is 0 Å². The number of halogens is 1. The van der Waals surface area contributed by atoms with Crippen molar-refractivity contribution < 1.29 is 4.79 Å². The standard InChI is InChI=1S/C19H17ClN2O/c1-11-4-7-17-15(8-11)16(9-13(3)21-17)19(23)22-18-10-14(20)6-5-12(18)2/h4-10H,1-3H3,(H,22,23). The van der Waals surface area contributed by atoms with Crippen molar-refractivity contribution in [2.24, 2.45) is 0 Å². The minimum atomic E-state index is -0.156. The first-order valence-electron chi connectivity index (χ1n) is 7.39. The maximum Gasteiger partial charge on any atom is 0.256 e. The number of nitrogens with one attached hydrogen (secondary N) is 1. The normalized spacial score (nSPS) is 10.8. The van der Waals surface area contributed by atoms with Gasteiger partial charge in [0.05, 0.1) is 11.1 Å². The van der Waals surface area contributed by atoms with Crippen LogP contribution in [0.1, 0.15) is 27.2 Å². The van der Waals surface area contributed by atoms with Gasteiger partial charge in [-0.1, -0.05) is 29.3 Å². The third-order valence-electron chi connectivity index (χ3n) is 3.78. The van der Waals surface area contributed by atoms with Gasteiger partial charge < -0.3 is 5.32 Å². The molecule has 0 saturated carbocycles. The van der Waals surface area contributed by atoms with Crippen molar-refractivity contribution in [1.29, 1.82) is 0 Å². The van der Waals surface area contributed by atoms with E-state index in [1.807, 2.05) is 57.2 Å². The SMILES string of the molecule is Cc1ccc2nc(C)cc(C(=O)Nc3cc(Cl)ccc3C)c2c1. The third kappa shape index (κ3) is 3.20. The van der Waals surface area contributed by atoms with E-state index in [0.717, 1.165) is 33.4 Å². The number of rotatable bonds is 2. The zero-order valence-electron chi connectivity index (χ0n) is 13.3. The van der Waals surface area contributed by atoms with Gasteiger partial charge >= 0.3 is 0 Å². The lowest BCUT2D eigenvalue weighted by atomic mass is 10.0. The van der Waals surface area contributed by atoms with Gasteiger partial charge in [0.15, 0.2) is 0 Å². The van der Waals surface area contributed by atoms with Crippen LogP contribution in [-0.4, -0.2) is 10.9 Å². The predicted molar refractivity (Wildman–Crippen MR) is 95.4 cm³/mol. The first-order valence-corrected chi connectivity index (χ1v) is 7.77. The van der Waals surface area contributed by atoms with Gasteiger partial charge in [-0.2, -0.15) is 0 Å². The number of anilines is 1. The van der Waals surface area contributed by atoms with Gasteiger partial charge in [-0.05, 0) is 56.7 Å². The van der Waals surface area contributed by atoms with Crippen LogP contribution in [0.15, 0.2) is 42.5 Å². The molecule has 0 unspecified atom stereocenters. The van der Waals surface area contributed by atoms with Crippen LogP contribution in [0.2, 0.25) is 5.02 Å². The predicted octanol–water partition coefficient (Wildman–Crippen LogP) is 5.07. The largest absolute Gasteiger partial charge is 0.322 e. The Morgan fingerprint density at radius 2 is 1.83 bits per heavy atom. The molecule has 0 aliphatic carbocycles. The number of amides is 1. The molecule has 0 bridgehead atoms. The summed E-state index contributed by atoms with van der Waals surface area (Å²) in [4.78, 5) is 17.3. The maximum atomic E-state index is 12.8. The fraction of sp³-hybridized carbons (Fsp3) is 0.158. The molecule has 3 aromatic rings. The maximum absolute atomic E-state index is 12.8. The van der Waals surface area contributed by atoms with Gasteiger partial charge in [0.2, 0.25) is 0 Å². The van der Waals surface area contributed by atoms with Crippen LogP contribution >= 0.6 is 11.6 Å². The Morgan fingerprint density at radius 1 is 1.04 bits per heavy atom. The Bertz CT molecular complexity index is 919. The quantitative estimate of drug-likeness (QED) is 0.715. The average molecular weight is 325 g/mol. The minimum absolute atomic E-state index is 0.156. The summed E-state index contributed by atoms with van der Waals surface area (Å²) >= 11 is 6.03. The molecule has 116 valence electrons. The smallest absolute Gasteiger partial charge is 0.256 e. The molecule has 1 amide bonds. The molecule has 0 aliphatic heterocycles. The van der Waals surface area contributed by atoms with E-state index in [-0.39, 0.29) is 5.91 Å². The first kappa shape index (κ1) is 15.5. The molecular formula is C19H17ClN2O. The number of aromatic nitrogens is 1. The summed E-state index contributed by atoms with van der Waals surface area (Å²) in [6.45, 7) is 5.83. The number of fused-ring (bicyclic) bond motifs is 1. The lowest BCUT2D eigenvalue weighted by Crippen LogP contribution is -2.14. The fourth-order valence-corrected chi connectivity index (χ4v) is 2.75. The lowest BCUT2D eigenvalue weighted by Gasteiger charge is -2.11. The molecule has 3 nitrogen and oxygen atoms in total. The Hall–Kier alpha value is -2.39. The molecule has 0 saturated heterocycles. The van der Waals surface area contributed by atoms with Crippen LogP contribution < -0.4 is 5.32 Å². The highest BCUT2D eigenvalue weighted by molar-refractivity contribution is 6.31. The van der Waals surface area contributed by atoms with E-state index in [0.29, 0.717) is 10.6 Å². The molecule has 0 atom stereocenters. The second-order valence-electron chi connectivity index (χ2n) is 5.75. The molecule has 1 aromatic heterocycles. The van der Waals surface area contributed by atoms with Crippen molar-refractivity contribution in [3.63, 3.8) is 0 Å². The number of aryl methyl sites for hydroxylation is 3. The van der Waals surface area contributed by atoms with Gasteiger partial charge in [0, 0.05) is 21.8 Å². The number of nitrogens with zero attached hydrogens (tertiary/aromatic N) is 1. The Labute approximate surface area is 140 Å². The van der Waals surface area contributed by atoms with Crippen molar-refractivity contribution in [3.05, 3.63) is 69.9 Å². The van der Waals surface area contributed by atoms with E-state index >= 15 is 0 Å². The van der Waals surface area contributed by atoms with E-state index in [4.69, 9.17) is 11.6 Å². The first-order chi connectivity index (χ1) is 10.9. The van der Waals surface area contributed by atoms with Crippen LogP contribution in [-0.2, 0) is 0 Å². The summed E-state index contributed by atoms with van der Waals surface area (Å²) in [5.74, 6) is -0.156. The molecule has 2 aromatic carbocycles. The number of carbonyl (C=O) groups excluding carboxylic acids is 1. The monoisotopic (exact) mass is 324 g/mol. The van der Waals surface area contributed by atoms with E-state index in [2.05, 4.69) is 10.3 Å². The molecule has 0 spiro atoms. The second kappa shape index (κ2) is 6.01. The molecule has 0 fully saturated rings. The van der Waals surface area contributed by atoms with Crippen LogP contribution in [0.25, 0.3) is 10.9 Å². The third-order valence-corrected chi connectivity index (χ3v) is 4.02. The average Bonchev–Trinajstić information content (AvgIpc) is 2.50. The molecule has 3 rings (SSSR count). The summed E-state index contributed by atoms with van der Waals surface area (Å²) < 4.78 is 0. The summed E-state index contributed by atoms with van der Waals surface area (Å²) in [6.07, 6.45) is 0. The van der Waals surface area contributed by atoms with Gasteiger partial charge in [-0.25, -0.2) is 0 Å². The second-order valence-corrected chi connectivity index (χ2v) is 6.18. The molecule has 0 radical (unpaired) electrons. The van der Waals surface area contributed by atoms with Gasteiger partial charge in [-0.15, -0.1) is 0 Å². The van der Waals surface area contributed by atoms with Crippen LogP contribution in [0.3, 0.4) is 0 Å². The molecule has 1 heterocycles. The van der Waals surface area contributed by atoms with E-state index < -0.39 is 0 Å². The molecule has 23 heavy (non-hydrogen) atoms. The Kier molecular flexibility index (Phi) is 4.05. The molecule has 4 heteroatoms. The fourth-order valence-electron chi connectivity index (χ4n) is 2.58. The highest BCUT2D eigenvalue weighted by Crippen LogP contribution is 2.24. The van der Waals surface area contributed by atoms with Crippen molar-refractivity contribution in [2.45, 2.75) is 20.8 Å². The summed E-state index contributed by atoms with van der Waals surface area (Å²) in [6, 6.07) is 13.2. The van der Waals surface area contributed by atoms with Crippen LogP contribution in [0, 0.1) is 20.8 Å². The number of hydrogen-bond acceptors (Lipinski definition) is 2. The number of pyridine rings is 1. The number of carbonyl (C=O) groups is 1. The number of benzene rings is 2. The van der Waals surface area contributed by atoms with Crippen LogP contribution in [0.4, 0.5) is 5.69 Å². The summed E-state index contributed by atoms with van der Waals surface area (Å²) in [5, 5.41) is 4.40. The van der Waals surface area contributed by atoms with E-state index in [1.54, 1.807) is 6.07 Å². The van der Waals surface area contributed by atoms with Crippen LogP contribution in [0.5, 0.6) is 0 Å². The lowest BCUT2D eigenvalue weighted by molar-refractivity contribution is 0.102. The highest BCUT2D eigenvalue weighted by atomic mass is 35.5. The molecule has 0 aliphatic rings.